The number of aromatic nitrogens is 3. The number of amides is 1. The van der Waals surface area contributed by atoms with E-state index in [1.807, 2.05) is 63.2 Å². The highest BCUT2D eigenvalue weighted by Crippen LogP contribution is 2.25. The second kappa shape index (κ2) is 9.53. The van der Waals surface area contributed by atoms with Gasteiger partial charge in [0, 0.05) is 34.5 Å². The fourth-order valence-corrected chi connectivity index (χ4v) is 3.20. The van der Waals surface area contributed by atoms with Gasteiger partial charge in [-0.25, -0.2) is 4.98 Å². The topological polar surface area (TPSA) is 124 Å². The van der Waals surface area contributed by atoms with E-state index in [1.54, 1.807) is 12.1 Å². The number of benzene rings is 2. The van der Waals surface area contributed by atoms with Crippen molar-refractivity contribution in [3.63, 3.8) is 0 Å². The van der Waals surface area contributed by atoms with Crippen LogP contribution in [-0.4, -0.2) is 45.8 Å². The van der Waals surface area contributed by atoms with E-state index in [9.17, 15) is 4.79 Å². The van der Waals surface area contributed by atoms with Crippen LogP contribution >= 0.6 is 0 Å². The molecule has 3 rings (SSSR count). The Bertz CT molecular complexity index is 1090. The second-order valence-electron chi connectivity index (χ2n) is 8.25. The summed E-state index contributed by atoms with van der Waals surface area (Å²) in [6, 6.07) is 12.7. The Balaban J connectivity index is 1.85. The third-order valence-corrected chi connectivity index (χ3v) is 4.61. The van der Waals surface area contributed by atoms with E-state index in [1.165, 1.54) is 0 Å². The molecular formula is C23H29N7O. The van der Waals surface area contributed by atoms with Crippen molar-refractivity contribution in [2.45, 2.75) is 26.8 Å². The van der Waals surface area contributed by atoms with Crippen molar-refractivity contribution in [3.8, 4) is 11.4 Å². The van der Waals surface area contributed by atoms with Crippen LogP contribution < -0.4 is 11.1 Å². The number of nitrogens with two attached hydrogens (primary N) is 1. The van der Waals surface area contributed by atoms with E-state index in [0.29, 0.717) is 41.3 Å². The molecule has 0 saturated heterocycles. The highest BCUT2D eigenvalue weighted by atomic mass is 16.1. The summed E-state index contributed by atoms with van der Waals surface area (Å²) in [7, 11) is 3.93. The van der Waals surface area contributed by atoms with Gasteiger partial charge < -0.3 is 16.0 Å². The maximum atomic E-state index is 12.1. The largest absolute Gasteiger partial charge is 0.398 e. The molecule has 0 unspecified atom stereocenters. The van der Waals surface area contributed by atoms with Crippen LogP contribution in [0, 0.1) is 11.3 Å². The van der Waals surface area contributed by atoms with Crippen molar-refractivity contribution < 1.29 is 4.79 Å². The third kappa shape index (κ3) is 5.76. The second-order valence-corrected chi connectivity index (χ2v) is 8.25. The van der Waals surface area contributed by atoms with Crippen LogP contribution in [0.2, 0.25) is 0 Å². The zero-order valence-corrected chi connectivity index (χ0v) is 18.4. The first-order chi connectivity index (χ1) is 14.7. The zero-order chi connectivity index (χ0) is 22.5. The molecule has 5 N–H and O–H groups in total. The van der Waals surface area contributed by atoms with Crippen LogP contribution in [0.5, 0.6) is 0 Å². The van der Waals surface area contributed by atoms with Gasteiger partial charge in [0.25, 0.3) is 0 Å². The molecule has 0 aliphatic heterocycles. The number of hydrogen-bond donors (Lipinski definition) is 4. The van der Waals surface area contributed by atoms with Gasteiger partial charge in [0.15, 0.2) is 5.82 Å². The van der Waals surface area contributed by atoms with Crippen LogP contribution in [-0.2, 0) is 11.3 Å². The summed E-state index contributed by atoms with van der Waals surface area (Å²) in [6.45, 7) is 4.65. The maximum absolute atomic E-state index is 12.1. The quantitative estimate of drug-likeness (QED) is 0.328. The molecule has 0 fully saturated rings. The molecule has 3 aromatic rings. The lowest BCUT2D eigenvalue weighted by Crippen LogP contribution is -2.14. The smallest absolute Gasteiger partial charge is 0.224 e. The summed E-state index contributed by atoms with van der Waals surface area (Å²) in [5.74, 6) is 1.55. The van der Waals surface area contributed by atoms with Crippen LogP contribution in [0.3, 0.4) is 0 Å². The average Bonchev–Trinajstić information content (AvgIpc) is 3.15. The minimum Gasteiger partial charge on any atom is -0.398 e. The number of carbonyl (C=O) groups is 1. The van der Waals surface area contributed by atoms with Gasteiger partial charge in [-0.05, 0) is 50.3 Å². The number of aromatic amines is 1. The number of nitrogens with zero attached hydrogens (tertiary/aromatic N) is 3. The zero-order valence-electron chi connectivity index (χ0n) is 18.4. The molecule has 1 aromatic heterocycles. The first kappa shape index (κ1) is 22.2. The van der Waals surface area contributed by atoms with E-state index in [0.717, 1.165) is 11.4 Å². The predicted molar refractivity (Wildman–Crippen MR) is 124 cm³/mol. The van der Waals surface area contributed by atoms with Crippen molar-refractivity contribution in [1.29, 1.82) is 5.41 Å². The summed E-state index contributed by atoms with van der Waals surface area (Å²) >= 11 is 0. The first-order valence-electron chi connectivity index (χ1n) is 10.2. The van der Waals surface area contributed by atoms with Crippen LogP contribution in [0.15, 0.2) is 42.5 Å². The summed E-state index contributed by atoms with van der Waals surface area (Å²) in [4.78, 5) is 18.6. The summed E-state index contributed by atoms with van der Waals surface area (Å²) in [5.41, 5.74) is 9.62. The number of hydrogen-bond acceptors (Lipinski definition) is 6. The minimum absolute atomic E-state index is 0.0432. The molecule has 8 heteroatoms. The van der Waals surface area contributed by atoms with E-state index >= 15 is 0 Å². The van der Waals surface area contributed by atoms with E-state index in [-0.39, 0.29) is 17.5 Å². The first-order valence-corrected chi connectivity index (χ1v) is 10.2. The standard InChI is InChI=1S/C23H29N7O/c1-14(2)10-21(31)26-17-7-5-6-15(11-17)22(25)18-12-16(8-9-19(18)24)23-27-20(28-29-23)13-30(3)4/h5-9,11-12,14,25H,10,13,24H2,1-4H3,(H,26,31)(H,27,28,29). The lowest BCUT2D eigenvalue weighted by atomic mass is 9.98. The van der Waals surface area contributed by atoms with Crippen molar-refractivity contribution >= 4 is 23.0 Å². The number of nitrogens with one attached hydrogen (secondary N) is 3. The Hall–Kier alpha value is -3.52. The van der Waals surface area contributed by atoms with Gasteiger partial charge in [0.2, 0.25) is 5.91 Å². The molecule has 31 heavy (non-hydrogen) atoms. The van der Waals surface area contributed by atoms with Crippen molar-refractivity contribution in [3.05, 3.63) is 59.4 Å². The number of H-pyrrole nitrogens is 1. The Kier molecular flexibility index (Phi) is 6.81. The molecule has 0 saturated carbocycles. The molecule has 0 spiro atoms. The lowest BCUT2D eigenvalue weighted by molar-refractivity contribution is -0.116. The molecule has 162 valence electrons. The van der Waals surface area contributed by atoms with Gasteiger partial charge in [-0.15, -0.1) is 0 Å². The highest BCUT2D eigenvalue weighted by Gasteiger charge is 2.14. The predicted octanol–water partition coefficient (Wildman–Crippen LogP) is 3.52. The monoisotopic (exact) mass is 419 g/mol. The van der Waals surface area contributed by atoms with Gasteiger partial charge >= 0.3 is 0 Å². The third-order valence-electron chi connectivity index (χ3n) is 4.61. The molecule has 0 radical (unpaired) electrons. The number of anilines is 2. The number of carbonyl (C=O) groups excluding carboxylic acids is 1. The summed E-state index contributed by atoms with van der Waals surface area (Å²) < 4.78 is 0. The maximum Gasteiger partial charge on any atom is 0.224 e. The average molecular weight is 420 g/mol. The molecule has 1 heterocycles. The Morgan fingerprint density at radius 3 is 2.71 bits per heavy atom. The molecule has 0 bridgehead atoms. The van der Waals surface area contributed by atoms with Crippen molar-refractivity contribution in [2.24, 2.45) is 5.92 Å². The van der Waals surface area contributed by atoms with Crippen LogP contribution in [0.25, 0.3) is 11.4 Å². The molecule has 8 nitrogen and oxygen atoms in total. The van der Waals surface area contributed by atoms with Gasteiger partial charge in [-0.2, -0.15) is 5.10 Å². The van der Waals surface area contributed by atoms with Crippen molar-refractivity contribution in [1.82, 2.24) is 20.1 Å². The molecule has 1 amide bonds. The van der Waals surface area contributed by atoms with E-state index in [2.05, 4.69) is 20.5 Å². The van der Waals surface area contributed by atoms with Gasteiger partial charge in [-0.1, -0.05) is 26.0 Å². The van der Waals surface area contributed by atoms with Gasteiger partial charge in [0.05, 0.1) is 12.3 Å². The fraction of sp³-hybridized carbons (Fsp3) is 0.304. The Labute approximate surface area is 182 Å². The highest BCUT2D eigenvalue weighted by molar-refractivity contribution is 6.14. The lowest BCUT2D eigenvalue weighted by Gasteiger charge is -2.12. The summed E-state index contributed by atoms with van der Waals surface area (Å²) in [5, 5.41) is 18.8. The SMILES string of the molecule is CC(C)CC(=O)Nc1cccc(C(=N)c2cc(-c3n[nH]c(CN(C)C)n3)ccc2N)c1. The molecule has 0 aliphatic rings. The molecule has 0 atom stereocenters. The Morgan fingerprint density at radius 1 is 1.23 bits per heavy atom. The number of rotatable bonds is 8. The minimum atomic E-state index is -0.0432. The van der Waals surface area contributed by atoms with E-state index < -0.39 is 0 Å². The summed E-state index contributed by atoms with van der Waals surface area (Å²) in [6.07, 6.45) is 0.448. The van der Waals surface area contributed by atoms with E-state index in [4.69, 9.17) is 11.1 Å². The van der Waals surface area contributed by atoms with Crippen molar-refractivity contribution in [2.75, 3.05) is 25.1 Å². The normalized spacial score (nSPS) is 11.2. The molecule has 2 aromatic carbocycles. The van der Waals surface area contributed by atoms with Gasteiger partial charge in [0.1, 0.15) is 5.82 Å². The van der Waals surface area contributed by atoms with Crippen LogP contribution in [0.4, 0.5) is 11.4 Å². The van der Waals surface area contributed by atoms with Crippen LogP contribution in [0.1, 0.15) is 37.2 Å². The Morgan fingerprint density at radius 2 is 2.00 bits per heavy atom. The molecular weight excluding hydrogens is 390 g/mol. The number of nitrogen functional groups attached to an aromatic ring is 1. The molecule has 0 aliphatic carbocycles. The van der Waals surface area contributed by atoms with Gasteiger partial charge in [-0.3, -0.25) is 15.3 Å². The fourth-order valence-electron chi connectivity index (χ4n) is 3.20.